The zero-order chi connectivity index (χ0) is 24.1. The molecule has 0 aromatic carbocycles. The number of hydrogen-bond donors (Lipinski definition) is 0. The highest BCUT2D eigenvalue weighted by atomic mass is 16.5. The number of rotatable bonds is 7. The molecule has 8 heteroatoms. The molecule has 4 atom stereocenters. The van der Waals surface area contributed by atoms with Crippen molar-refractivity contribution in [1.82, 2.24) is 0 Å². The lowest BCUT2D eigenvalue weighted by Gasteiger charge is -2.48. The van der Waals surface area contributed by atoms with Gasteiger partial charge in [-0.1, -0.05) is 39.8 Å². The Labute approximate surface area is 192 Å². The normalized spacial score (nSPS) is 30.1. The Morgan fingerprint density at radius 2 is 1.06 bits per heavy atom. The van der Waals surface area contributed by atoms with Crippen LogP contribution in [0.1, 0.15) is 40.5 Å². The van der Waals surface area contributed by atoms with Gasteiger partial charge in [-0.15, -0.1) is 13.2 Å². The first-order valence-electron chi connectivity index (χ1n) is 11.0. The summed E-state index contributed by atoms with van der Waals surface area (Å²) in [5.41, 5.74) is -2.29. The average molecular weight is 447 g/mol. The van der Waals surface area contributed by atoms with Crippen molar-refractivity contribution in [3.8, 4) is 0 Å². The van der Waals surface area contributed by atoms with E-state index >= 15 is 0 Å². The molecule has 0 saturated carbocycles. The molecule has 2 rings (SSSR count). The van der Waals surface area contributed by atoms with E-state index in [0.29, 0.717) is 36.4 Å². The summed E-state index contributed by atoms with van der Waals surface area (Å²) in [5, 5.41) is 0. The van der Waals surface area contributed by atoms with E-state index < -0.39 is 11.1 Å². The zero-order valence-corrected chi connectivity index (χ0v) is 20.7. The first kappa shape index (κ1) is 25.6. The second kappa shape index (κ2) is 10.3. The molecule has 0 radical (unpaired) electrons. The first-order chi connectivity index (χ1) is 15.2. The summed E-state index contributed by atoms with van der Waals surface area (Å²) < 4.78 is 23.2. The van der Waals surface area contributed by atoms with Crippen LogP contribution in [-0.2, 0) is 18.9 Å². The zero-order valence-electron chi connectivity index (χ0n) is 20.7. The summed E-state index contributed by atoms with van der Waals surface area (Å²) in [5.74, 6) is 2.15. The second-order valence-corrected chi connectivity index (χ2v) is 8.67. The third kappa shape index (κ3) is 4.07. The van der Waals surface area contributed by atoms with Gasteiger partial charge in [0.05, 0.1) is 28.4 Å². The van der Waals surface area contributed by atoms with Crippen LogP contribution >= 0.6 is 0 Å². The lowest BCUT2D eigenvalue weighted by atomic mass is 9.70. The minimum atomic E-state index is -1.14. The fourth-order valence-electron chi connectivity index (χ4n) is 4.39. The van der Waals surface area contributed by atoms with Crippen molar-refractivity contribution in [2.75, 3.05) is 28.4 Å². The van der Waals surface area contributed by atoms with E-state index in [0.717, 1.165) is 0 Å². The SMILES string of the molecule is C=CC[C@@]1([C@]2(CC=C)N=C(OC)[C@@H](C(C)C)N=C2OC)N=C(OC)[C@@H](C(C)C)N=C1OC. The van der Waals surface area contributed by atoms with Crippen LogP contribution in [0, 0.1) is 11.8 Å². The van der Waals surface area contributed by atoms with Crippen LogP contribution in [0.5, 0.6) is 0 Å². The lowest BCUT2D eigenvalue weighted by Crippen LogP contribution is -2.66. The first-order valence-corrected chi connectivity index (χ1v) is 11.0. The van der Waals surface area contributed by atoms with Crippen molar-refractivity contribution >= 4 is 23.6 Å². The smallest absolute Gasteiger partial charge is 0.216 e. The van der Waals surface area contributed by atoms with Crippen molar-refractivity contribution in [3.63, 3.8) is 0 Å². The quantitative estimate of drug-likeness (QED) is 0.556. The van der Waals surface area contributed by atoms with E-state index in [1.807, 2.05) is 0 Å². The van der Waals surface area contributed by atoms with Gasteiger partial charge in [-0.25, -0.2) is 20.0 Å². The Morgan fingerprint density at radius 3 is 1.28 bits per heavy atom. The number of hydrogen-bond acceptors (Lipinski definition) is 8. The second-order valence-electron chi connectivity index (χ2n) is 8.67. The fourth-order valence-corrected chi connectivity index (χ4v) is 4.39. The van der Waals surface area contributed by atoms with Gasteiger partial charge in [-0.3, -0.25) is 0 Å². The topological polar surface area (TPSA) is 86.4 Å². The van der Waals surface area contributed by atoms with Crippen molar-refractivity contribution in [2.24, 2.45) is 31.8 Å². The molecule has 0 fully saturated rings. The van der Waals surface area contributed by atoms with Gasteiger partial charge < -0.3 is 18.9 Å². The van der Waals surface area contributed by atoms with Crippen molar-refractivity contribution in [2.45, 2.75) is 63.7 Å². The van der Waals surface area contributed by atoms with Crippen molar-refractivity contribution in [3.05, 3.63) is 25.3 Å². The molecule has 2 aliphatic heterocycles. The summed E-state index contributed by atoms with van der Waals surface area (Å²) in [6.07, 6.45) is 4.27. The van der Waals surface area contributed by atoms with E-state index in [2.05, 4.69) is 40.9 Å². The van der Waals surface area contributed by atoms with Gasteiger partial charge >= 0.3 is 0 Å². The minimum Gasteiger partial charge on any atom is -0.483 e. The maximum absolute atomic E-state index is 5.88. The van der Waals surface area contributed by atoms with Crippen LogP contribution in [0.25, 0.3) is 0 Å². The standard InChI is InChI=1S/C24H38N4O4/c1-11-13-23(21(31-9)25-17(15(3)4)19(27-23)29-7)24(14-12-2)22(32-10)26-18(16(5)6)20(28-24)30-8/h11-12,15-18H,1-2,13-14H2,3-10H3/t17-,18-,23-,24-/m1/s1. The number of ether oxygens (including phenoxy) is 4. The largest absolute Gasteiger partial charge is 0.483 e. The highest BCUT2D eigenvalue weighted by molar-refractivity contribution is 6.07. The highest BCUT2D eigenvalue weighted by Crippen LogP contribution is 2.45. The number of aliphatic imine (C=N–C) groups is 4. The molecule has 2 aliphatic rings. The third-order valence-corrected chi connectivity index (χ3v) is 5.96. The summed E-state index contributed by atoms with van der Waals surface area (Å²) in [6.45, 7) is 16.2. The van der Waals surface area contributed by atoms with Crippen LogP contribution in [0.15, 0.2) is 45.3 Å². The highest BCUT2D eigenvalue weighted by Gasteiger charge is 2.63. The summed E-state index contributed by atoms with van der Waals surface area (Å²) >= 11 is 0. The Balaban J connectivity index is 2.95. The molecule has 0 spiro atoms. The molecule has 0 unspecified atom stereocenters. The fraction of sp³-hybridized carbons (Fsp3) is 0.667. The molecular formula is C24H38N4O4. The Morgan fingerprint density at radius 1 is 0.719 bits per heavy atom. The van der Waals surface area contributed by atoms with Crippen LogP contribution in [-0.4, -0.2) is 75.2 Å². The molecule has 8 nitrogen and oxygen atoms in total. The molecule has 0 bridgehead atoms. The van der Waals surface area contributed by atoms with Crippen LogP contribution in [0.3, 0.4) is 0 Å². The average Bonchev–Trinajstić information content (AvgIpc) is 2.78. The molecule has 0 aliphatic carbocycles. The van der Waals surface area contributed by atoms with E-state index in [4.69, 9.17) is 38.9 Å². The molecule has 0 amide bonds. The molecule has 32 heavy (non-hydrogen) atoms. The van der Waals surface area contributed by atoms with E-state index in [1.54, 1.807) is 40.6 Å². The molecule has 0 aromatic rings. The molecule has 2 heterocycles. The summed E-state index contributed by atoms with van der Waals surface area (Å²) in [4.78, 5) is 20.1. The number of nitrogens with zero attached hydrogens (tertiary/aromatic N) is 4. The summed E-state index contributed by atoms with van der Waals surface area (Å²) in [7, 11) is 6.39. The molecule has 0 N–H and O–H groups in total. The predicted molar refractivity (Wildman–Crippen MR) is 130 cm³/mol. The molecule has 178 valence electrons. The van der Waals surface area contributed by atoms with E-state index in [-0.39, 0.29) is 23.9 Å². The maximum atomic E-state index is 5.88. The Bertz CT molecular complexity index is 762. The van der Waals surface area contributed by atoms with Gasteiger partial charge in [-0.05, 0) is 11.8 Å². The summed E-state index contributed by atoms with van der Waals surface area (Å²) in [6, 6.07) is -0.566. The third-order valence-electron chi connectivity index (χ3n) is 5.96. The van der Waals surface area contributed by atoms with Crippen LogP contribution < -0.4 is 0 Å². The predicted octanol–water partition coefficient (Wildman–Crippen LogP) is 3.87. The van der Waals surface area contributed by atoms with Crippen molar-refractivity contribution < 1.29 is 18.9 Å². The lowest BCUT2D eigenvalue weighted by molar-refractivity contribution is 0.225. The molecule has 0 aromatic heterocycles. The van der Waals surface area contributed by atoms with Gasteiger partial charge in [0.15, 0.2) is 11.1 Å². The van der Waals surface area contributed by atoms with Gasteiger partial charge in [0.25, 0.3) is 0 Å². The van der Waals surface area contributed by atoms with Crippen molar-refractivity contribution in [1.29, 1.82) is 0 Å². The maximum Gasteiger partial charge on any atom is 0.216 e. The monoisotopic (exact) mass is 446 g/mol. The van der Waals surface area contributed by atoms with Gasteiger partial charge in [0, 0.05) is 12.8 Å². The van der Waals surface area contributed by atoms with E-state index in [9.17, 15) is 0 Å². The van der Waals surface area contributed by atoms with Gasteiger partial charge in [-0.2, -0.15) is 0 Å². The Kier molecular flexibility index (Phi) is 8.26. The van der Waals surface area contributed by atoms with Gasteiger partial charge in [0.2, 0.25) is 23.6 Å². The van der Waals surface area contributed by atoms with Crippen LogP contribution in [0.4, 0.5) is 0 Å². The Hall–Kier alpha value is -2.64. The van der Waals surface area contributed by atoms with Crippen LogP contribution in [0.2, 0.25) is 0 Å². The van der Waals surface area contributed by atoms with E-state index in [1.165, 1.54) is 0 Å². The minimum absolute atomic E-state index is 0.154. The van der Waals surface area contributed by atoms with Gasteiger partial charge in [0.1, 0.15) is 12.1 Å². The number of methoxy groups -OCH3 is 4. The molecular weight excluding hydrogens is 408 g/mol. The molecule has 0 saturated heterocycles.